The molecule has 0 fully saturated rings. The number of hydrogen-bond acceptors (Lipinski definition) is 5. The van der Waals surface area contributed by atoms with Crippen LogP contribution in [0.3, 0.4) is 0 Å². The van der Waals surface area contributed by atoms with Crippen molar-refractivity contribution in [1.29, 1.82) is 0 Å². The number of carbonyl (C=O) groups excluding carboxylic acids is 1. The molecule has 8 nitrogen and oxygen atoms in total. The molecular formula is C10H15N3O5. The third kappa shape index (κ3) is 4.93. The van der Waals surface area contributed by atoms with Crippen LogP contribution in [-0.2, 0) is 4.74 Å². The lowest BCUT2D eigenvalue weighted by atomic mass is 10.3. The third-order valence-corrected chi connectivity index (χ3v) is 1.99. The Hall–Kier alpha value is -1.93. The van der Waals surface area contributed by atoms with Crippen LogP contribution in [0.1, 0.15) is 16.9 Å². The fourth-order valence-electron chi connectivity index (χ4n) is 1.23. The van der Waals surface area contributed by atoms with Gasteiger partial charge in [0.1, 0.15) is 5.69 Å². The van der Waals surface area contributed by atoms with Gasteiger partial charge >= 0.3 is 5.69 Å². The van der Waals surface area contributed by atoms with Crippen LogP contribution in [-0.4, -0.2) is 47.3 Å². The zero-order valence-corrected chi connectivity index (χ0v) is 9.69. The molecule has 0 saturated carbocycles. The Kier molecular flexibility index (Phi) is 5.81. The van der Waals surface area contributed by atoms with Crippen molar-refractivity contribution in [2.75, 3.05) is 26.4 Å². The first-order valence-corrected chi connectivity index (χ1v) is 5.44. The summed E-state index contributed by atoms with van der Waals surface area (Å²) in [6.07, 6.45) is 0.569. The van der Waals surface area contributed by atoms with Gasteiger partial charge in [-0.3, -0.25) is 14.6 Å². The molecule has 0 radical (unpaired) electrons. The number of carbonyl (C=O) groups is 1. The molecule has 0 aromatic carbocycles. The first-order valence-electron chi connectivity index (χ1n) is 5.44. The highest BCUT2D eigenvalue weighted by molar-refractivity contribution is 5.91. The summed E-state index contributed by atoms with van der Waals surface area (Å²) in [6, 6.07) is 1.01. The highest BCUT2D eigenvalue weighted by Crippen LogP contribution is 1.86. The summed E-state index contributed by atoms with van der Waals surface area (Å²) in [5, 5.41) is 11.0. The second-order valence-corrected chi connectivity index (χ2v) is 3.45. The lowest BCUT2D eigenvalue weighted by Gasteiger charge is -2.05. The van der Waals surface area contributed by atoms with E-state index in [9.17, 15) is 14.4 Å². The molecule has 1 aromatic heterocycles. The summed E-state index contributed by atoms with van der Waals surface area (Å²) >= 11 is 0. The number of aliphatic hydroxyl groups excluding tert-OH is 1. The number of nitrogens with one attached hydrogen (secondary N) is 3. The van der Waals surface area contributed by atoms with Crippen molar-refractivity contribution in [3.63, 3.8) is 0 Å². The summed E-state index contributed by atoms with van der Waals surface area (Å²) in [6.45, 7) is 0.974. The number of aliphatic hydroxyl groups is 1. The van der Waals surface area contributed by atoms with Crippen LogP contribution in [0.4, 0.5) is 0 Å². The van der Waals surface area contributed by atoms with Gasteiger partial charge in [-0.25, -0.2) is 4.79 Å². The predicted molar refractivity (Wildman–Crippen MR) is 62.5 cm³/mol. The van der Waals surface area contributed by atoms with Crippen molar-refractivity contribution in [2.24, 2.45) is 0 Å². The standard InChI is InChI=1S/C10H15N3O5/c14-3-5-18-4-1-2-11-9(16)7-6-8(15)13-10(17)12-7/h6,14H,1-5H2,(H,11,16)(H2,12,13,15,17). The summed E-state index contributed by atoms with van der Waals surface area (Å²) < 4.78 is 4.99. The molecule has 0 aliphatic rings. The van der Waals surface area contributed by atoms with Gasteiger partial charge in [0, 0.05) is 19.2 Å². The maximum Gasteiger partial charge on any atom is 0.326 e. The normalized spacial score (nSPS) is 10.3. The second-order valence-electron chi connectivity index (χ2n) is 3.45. The number of H-pyrrole nitrogens is 2. The molecule has 100 valence electrons. The second kappa shape index (κ2) is 7.41. The van der Waals surface area contributed by atoms with E-state index in [1.807, 2.05) is 4.98 Å². The lowest BCUT2D eigenvalue weighted by molar-refractivity contribution is 0.0865. The monoisotopic (exact) mass is 257 g/mol. The maximum absolute atomic E-state index is 11.5. The Morgan fingerprint density at radius 2 is 2.11 bits per heavy atom. The number of ether oxygens (including phenoxy) is 1. The summed E-state index contributed by atoms with van der Waals surface area (Å²) in [4.78, 5) is 37.6. The summed E-state index contributed by atoms with van der Waals surface area (Å²) in [7, 11) is 0. The zero-order valence-electron chi connectivity index (χ0n) is 9.69. The van der Waals surface area contributed by atoms with Gasteiger partial charge in [0.15, 0.2) is 0 Å². The molecule has 0 saturated heterocycles. The van der Waals surface area contributed by atoms with E-state index in [0.29, 0.717) is 19.6 Å². The van der Waals surface area contributed by atoms with E-state index in [4.69, 9.17) is 9.84 Å². The zero-order chi connectivity index (χ0) is 13.4. The highest BCUT2D eigenvalue weighted by atomic mass is 16.5. The van der Waals surface area contributed by atoms with Crippen LogP contribution in [0.25, 0.3) is 0 Å². The molecule has 1 heterocycles. The predicted octanol–water partition coefficient (Wildman–Crippen LogP) is -1.81. The highest BCUT2D eigenvalue weighted by Gasteiger charge is 2.06. The SMILES string of the molecule is O=C(NCCCOCCO)c1cc(=O)[nH]c(=O)[nH]1. The van der Waals surface area contributed by atoms with E-state index in [1.54, 1.807) is 0 Å². The average molecular weight is 257 g/mol. The molecule has 0 atom stereocenters. The molecule has 1 amide bonds. The van der Waals surface area contributed by atoms with Crippen molar-refractivity contribution >= 4 is 5.91 Å². The summed E-state index contributed by atoms with van der Waals surface area (Å²) in [5.41, 5.74) is -1.44. The Labute approximate surface area is 102 Å². The molecule has 0 spiro atoms. The summed E-state index contributed by atoms with van der Waals surface area (Å²) in [5.74, 6) is -0.527. The van der Waals surface area contributed by atoms with Crippen molar-refractivity contribution in [2.45, 2.75) is 6.42 Å². The largest absolute Gasteiger partial charge is 0.394 e. The quantitative estimate of drug-likeness (QED) is 0.429. The molecule has 1 rings (SSSR count). The Bertz CT molecular complexity index is 465. The van der Waals surface area contributed by atoms with Crippen LogP contribution < -0.4 is 16.6 Å². The molecule has 0 bridgehead atoms. The Morgan fingerprint density at radius 1 is 1.33 bits per heavy atom. The van der Waals surface area contributed by atoms with Crippen LogP contribution in [0.5, 0.6) is 0 Å². The minimum absolute atomic E-state index is 0.0413. The van der Waals surface area contributed by atoms with Gasteiger partial charge in [0.2, 0.25) is 0 Å². The smallest absolute Gasteiger partial charge is 0.326 e. The van der Waals surface area contributed by atoms with Crippen molar-refractivity contribution < 1.29 is 14.6 Å². The topological polar surface area (TPSA) is 124 Å². The molecule has 0 aliphatic heterocycles. The number of amides is 1. The average Bonchev–Trinajstić information content (AvgIpc) is 2.32. The maximum atomic E-state index is 11.5. The molecule has 4 N–H and O–H groups in total. The number of rotatable bonds is 7. The van der Waals surface area contributed by atoms with Crippen LogP contribution >= 0.6 is 0 Å². The van der Waals surface area contributed by atoms with Crippen LogP contribution in [0.2, 0.25) is 0 Å². The van der Waals surface area contributed by atoms with E-state index in [2.05, 4.69) is 10.3 Å². The molecule has 18 heavy (non-hydrogen) atoms. The number of aromatic amines is 2. The Morgan fingerprint density at radius 3 is 2.78 bits per heavy atom. The van der Waals surface area contributed by atoms with Crippen molar-refractivity contribution in [3.05, 3.63) is 32.6 Å². The van der Waals surface area contributed by atoms with Crippen LogP contribution in [0.15, 0.2) is 15.7 Å². The van der Waals surface area contributed by atoms with Gasteiger partial charge < -0.3 is 20.1 Å². The molecular weight excluding hydrogens is 242 g/mol. The molecule has 1 aromatic rings. The third-order valence-electron chi connectivity index (χ3n) is 1.99. The van der Waals surface area contributed by atoms with E-state index >= 15 is 0 Å². The number of hydrogen-bond donors (Lipinski definition) is 4. The lowest BCUT2D eigenvalue weighted by Crippen LogP contribution is -2.31. The first-order chi connectivity index (χ1) is 8.63. The van der Waals surface area contributed by atoms with Crippen molar-refractivity contribution in [3.8, 4) is 0 Å². The number of aromatic nitrogens is 2. The van der Waals surface area contributed by atoms with E-state index in [-0.39, 0.29) is 18.9 Å². The van der Waals surface area contributed by atoms with Crippen LogP contribution in [0, 0.1) is 0 Å². The minimum atomic E-state index is -0.723. The molecule has 0 unspecified atom stereocenters. The van der Waals surface area contributed by atoms with Gasteiger partial charge in [0.25, 0.3) is 11.5 Å². The fraction of sp³-hybridized carbons (Fsp3) is 0.500. The van der Waals surface area contributed by atoms with Crippen molar-refractivity contribution in [1.82, 2.24) is 15.3 Å². The van der Waals surface area contributed by atoms with E-state index < -0.39 is 17.2 Å². The van der Waals surface area contributed by atoms with E-state index in [0.717, 1.165) is 6.07 Å². The Balaban J connectivity index is 2.36. The first kappa shape index (κ1) is 14.1. The van der Waals surface area contributed by atoms with Gasteiger partial charge in [-0.15, -0.1) is 0 Å². The molecule has 8 heteroatoms. The van der Waals surface area contributed by atoms with Gasteiger partial charge in [-0.05, 0) is 6.42 Å². The van der Waals surface area contributed by atoms with E-state index in [1.165, 1.54) is 0 Å². The molecule has 0 aliphatic carbocycles. The van der Waals surface area contributed by atoms with Gasteiger partial charge in [-0.2, -0.15) is 0 Å². The van der Waals surface area contributed by atoms with Gasteiger partial charge in [0.05, 0.1) is 13.2 Å². The van der Waals surface area contributed by atoms with Gasteiger partial charge in [-0.1, -0.05) is 0 Å². The fourth-order valence-corrected chi connectivity index (χ4v) is 1.23. The minimum Gasteiger partial charge on any atom is -0.394 e.